The summed E-state index contributed by atoms with van der Waals surface area (Å²) in [6, 6.07) is -0.346. The molecule has 0 bridgehead atoms. The fraction of sp³-hybridized carbons (Fsp3) is 0.750. The molecule has 1 rings (SSSR count). The summed E-state index contributed by atoms with van der Waals surface area (Å²) in [5.74, 6) is -0.863. The molecule has 14 heavy (non-hydrogen) atoms. The molecule has 6 heteroatoms. The highest BCUT2D eigenvalue weighted by Crippen LogP contribution is 2.17. The summed E-state index contributed by atoms with van der Waals surface area (Å²) in [6.07, 6.45) is 0.896. The molecule has 2 amide bonds. The Bertz CT molecular complexity index is 244. The number of carbonyl (C=O) groups excluding carboxylic acids is 1. The van der Waals surface area contributed by atoms with Gasteiger partial charge < -0.3 is 15.7 Å². The first-order valence-corrected chi connectivity index (χ1v) is 4.47. The van der Waals surface area contributed by atoms with Crippen LogP contribution in [0.15, 0.2) is 0 Å². The molecule has 0 radical (unpaired) electrons. The Balaban J connectivity index is 2.30. The second-order valence-electron chi connectivity index (χ2n) is 3.56. The number of nitrogens with zero attached hydrogens (tertiary/aromatic N) is 2. The van der Waals surface area contributed by atoms with Crippen LogP contribution in [0.3, 0.4) is 0 Å². The first kappa shape index (κ1) is 10.8. The third-order valence-corrected chi connectivity index (χ3v) is 2.35. The van der Waals surface area contributed by atoms with Crippen LogP contribution in [0.1, 0.15) is 6.42 Å². The maximum atomic E-state index is 10.8. The van der Waals surface area contributed by atoms with Gasteiger partial charge in [-0.3, -0.25) is 9.69 Å². The van der Waals surface area contributed by atoms with Gasteiger partial charge in [0.05, 0.1) is 6.54 Å². The average Bonchev–Trinajstić information content (AvgIpc) is 1.95. The summed E-state index contributed by atoms with van der Waals surface area (Å²) in [4.78, 5) is 24.4. The van der Waals surface area contributed by atoms with Crippen molar-refractivity contribution in [1.82, 2.24) is 9.80 Å². The Labute approximate surface area is 82.3 Å². The molecule has 1 aliphatic heterocycles. The van der Waals surface area contributed by atoms with E-state index in [0.717, 1.165) is 6.42 Å². The van der Waals surface area contributed by atoms with Gasteiger partial charge in [-0.05, 0) is 13.5 Å². The van der Waals surface area contributed by atoms with Crippen LogP contribution in [0.2, 0.25) is 0 Å². The Morgan fingerprint density at radius 1 is 1.64 bits per heavy atom. The van der Waals surface area contributed by atoms with E-state index in [-0.39, 0.29) is 12.6 Å². The minimum Gasteiger partial charge on any atom is -0.480 e. The first-order valence-electron chi connectivity index (χ1n) is 4.47. The van der Waals surface area contributed by atoms with Crippen LogP contribution in [0.5, 0.6) is 0 Å². The van der Waals surface area contributed by atoms with Gasteiger partial charge in [0.15, 0.2) is 0 Å². The first-order chi connectivity index (χ1) is 6.50. The molecule has 1 fully saturated rings. The molecule has 1 heterocycles. The summed E-state index contributed by atoms with van der Waals surface area (Å²) in [5.41, 5.74) is 5.12. The Hall–Kier alpha value is -1.30. The van der Waals surface area contributed by atoms with Gasteiger partial charge in [-0.15, -0.1) is 0 Å². The van der Waals surface area contributed by atoms with E-state index in [1.807, 2.05) is 0 Å². The van der Waals surface area contributed by atoms with Gasteiger partial charge in [0, 0.05) is 19.1 Å². The number of carboxylic acids is 1. The van der Waals surface area contributed by atoms with Crippen LogP contribution in [-0.4, -0.2) is 59.6 Å². The van der Waals surface area contributed by atoms with Crippen LogP contribution in [-0.2, 0) is 4.79 Å². The highest BCUT2D eigenvalue weighted by molar-refractivity contribution is 5.73. The normalized spacial score (nSPS) is 20.7. The van der Waals surface area contributed by atoms with Gasteiger partial charge in [0.2, 0.25) is 0 Å². The van der Waals surface area contributed by atoms with Gasteiger partial charge in [0.25, 0.3) is 0 Å². The van der Waals surface area contributed by atoms with Crippen molar-refractivity contribution in [2.45, 2.75) is 12.5 Å². The summed E-state index contributed by atoms with van der Waals surface area (Å²) in [5, 5.41) is 8.52. The molecule has 1 unspecified atom stereocenters. The number of hydrogen-bond acceptors (Lipinski definition) is 3. The zero-order valence-electron chi connectivity index (χ0n) is 8.14. The van der Waals surface area contributed by atoms with Crippen molar-refractivity contribution in [3.63, 3.8) is 0 Å². The molecule has 1 atom stereocenters. The number of likely N-dealkylation sites (N-methyl/N-ethyl adjacent to an activating group) is 1. The number of aliphatic carboxylic acids is 1. The molecular formula is C8H15N3O3. The zero-order valence-corrected chi connectivity index (χ0v) is 8.14. The van der Waals surface area contributed by atoms with Gasteiger partial charge in [0.1, 0.15) is 0 Å². The second-order valence-corrected chi connectivity index (χ2v) is 3.56. The van der Waals surface area contributed by atoms with Gasteiger partial charge in [-0.2, -0.15) is 0 Å². The smallest absolute Gasteiger partial charge is 0.317 e. The van der Waals surface area contributed by atoms with Crippen molar-refractivity contribution in [3.8, 4) is 0 Å². The fourth-order valence-corrected chi connectivity index (χ4v) is 1.58. The molecule has 0 aromatic rings. The topological polar surface area (TPSA) is 86.9 Å². The van der Waals surface area contributed by atoms with Gasteiger partial charge in [-0.1, -0.05) is 0 Å². The van der Waals surface area contributed by atoms with E-state index < -0.39 is 12.0 Å². The zero-order chi connectivity index (χ0) is 10.7. The molecule has 0 spiro atoms. The molecule has 0 aliphatic carbocycles. The van der Waals surface area contributed by atoms with E-state index in [4.69, 9.17) is 10.8 Å². The monoisotopic (exact) mass is 201 g/mol. The quantitative estimate of drug-likeness (QED) is 0.620. The fourth-order valence-electron chi connectivity index (χ4n) is 1.58. The highest BCUT2D eigenvalue weighted by Gasteiger charge is 2.31. The molecule has 3 N–H and O–H groups in total. The lowest BCUT2D eigenvalue weighted by atomic mass is 10.0. The molecule has 0 aromatic carbocycles. The number of carboxylic acid groups (broad SMARTS) is 1. The number of likely N-dealkylation sites (tertiary alicyclic amines) is 1. The summed E-state index contributed by atoms with van der Waals surface area (Å²) >= 11 is 0. The third-order valence-electron chi connectivity index (χ3n) is 2.35. The molecule has 0 aromatic heterocycles. The summed E-state index contributed by atoms with van der Waals surface area (Å²) < 4.78 is 0. The third kappa shape index (κ3) is 2.59. The molecule has 6 nitrogen and oxygen atoms in total. The Kier molecular flexibility index (Phi) is 3.29. The van der Waals surface area contributed by atoms with Crippen molar-refractivity contribution in [1.29, 1.82) is 0 Å². The lowest BCUT2D eigenvalue weighted by Gasteiger charge is -2.41. The largest absolute Gasteiger partial charge is 0.480 e. The van der Waals surface area contributed by atoms with Crippen LogP contribution < -0.4 is 5.73 Å². The van der Waals surface area contributed by atoms with E-state index in [0.29, 0.717) is 13.1 Å². The van der Waals surface area contributed by atoms with Crippen LogP contribution in [0.25, 0.3) is 0 Å². The molecule has 1 saturated heterocycles. The van der Waals surface area contributed by atoms with E-state index in [1.165, 1.54) is 0 Å². The van der Waals surface area contributed by atoms with Gasteiger partial charge in [-0.25, -0.2) is 4.79 Å². The van der Waals surface area contributed by atoms with E-state index in [2.05, 4.69) is 0 Å². The second kappa shape index (κ2) is 4.28. The van der Waals surface area contributed by atoms with Crippen LogP contribution in [0, 0.1) is 0 Å². The minimum absolute atomic E-state index is 0.0108. The SMILES string of the molecule is CN(CC(=O)O)CC1CCN1C(N)=O. The standard InChI is InChI=1S/C8H15N3O3/c1-10(5-7(12)13)4-6-2-3-11(6)8(9)14/h6H,2-5H2,1H3,(H2,9,14)(H,12,13). The lowest BCUT2D eigenvalue weighted by molar-refractivity contribution is -0.138. The van der Waals surface area contributed by atoms with Crippen molar-refractivity contribution in [3.05, 3.63) is 0 Å². The van der Waals surface area contributed by atoms with Crippen molar-refractivity contribution in [2.24, 2.45) is 5.73 Å². The van der Waals surface area contributed by atoms with E-state index >= 15 is 0 Å². The van der Waals surface area contributed by atoms with Crippen LogP contribution in [0.4, 0.5) is 4.79 Å². The molecule has 80 valence electrons. The van der Waals surface area contributed by atoms with E-state index in [1.54, 1.807) is 16.8 Å². The minimum atomic E-state index is -0.863. The van der Waals surface area contributed by atoms with Crippen molar-refractivity contribution >= 4 is 12.0 Å². The van der Waals surface area contributed by atoms with Gasteiger partial charge >= 0.3 is 12.0 Å². The Morgan fingerprint density at radius 3 is 2.64 bits per heavy atom. The number of nitrogens with two attached hydrogens (primary N) is 1. The molecule has 1 aliphatic rings. The van der Waals surface area contributed by atoms with Crippen molar-refractivity contribution < 1.29 is 14.7 Å². The maximum Gasteiger partial charge on any atom is 0.317 e. The van der Waals surface area contributed by atoms with Crippen LogP contribution >= 0.6 is 0 Å². The predicted octanol–water partition coefficient (Wildman–Crippen LogP) is -0.844. The average molecular weight is 201 g/mol. The number of carbonyl (C=O) groups is 2. The number of primary amides is 1. The van der Waals surface area contributed by atoms with E-state index in [9.17, 15) is 9.59 Å². The summed E-state index contributed by atoms with van der Waals surface area (Å²) in [7, 11) is 1.71. The van der Waals surface area contributed by atoms with Crippen molar-refractivity contribution in [2.75, 3.05) is 26.7 Å². The number of rotatable bonds is 4. The number of hydrogen-bond donors (Lipinski definition) is 2. The number of urea groups is 1. The predicted molar refractivity (Wildman–Crippen MR) is 49.8 cm³/mol. The maximum absolute atomic E-state index is 10.8. The lowest BCUT2D eigenvalue weighted by Crippen LogP contribution is -2.57. The number of amides is 2. The molecular weight excluding hydrogens is 186 g/mol. The highest BCUT2D eigenvalue weighted by atomic mass is 16.4. The Morgan fingerprint density at radius 2 is 2.29 bits per heavy atom. The summed E-state index contributed by atoms with van der Waals surface area (Å²) in [6.45, 7) is 1.24. The molecule has 0 saturated carbocycles.